The minimum atomic E-state index is -0.656. The fourth-order valence-corrected chi connectivity index (χ4v) is 2.76. The number of carbonyl (C=O) groups is 1. The molecule has 0 saturated heterocycles. The average molecular weight is 321 g/mol. The van der Waals surface area contributed by atoms with Gasteiger partial charge in [-0.3, -0.25) is 4.79 Å². The van der Waals surface area contributed by atoms with Gasteiger partial charge in [0.1, 0.15) is 13.2 Å². The predicted octanol–water partition coefficient (Wildman–Crippen LogP) is 2.48. The van der Waals surface area contributed by atoms with Crippen LogP contribution >= 0.6 is 0 Å². The van der Waals surface area contributed by atoms with Crippen molar-refractivity contribution in [2.45, 2.75) is 6.92 Å². The number of aromatic nitrogens is 2. The van der Waals surface area contributed by atoms with Crippen LogP contribution in [-0.4, -0.2) is 29.1 Å². The van der Waals surface area contributed by atoms with Crippen molar-refractivity contribution < 1.29 is 14.3 Å². The molecule has 6 heteroatoms. The lowest BCUT2D eigenvalue weighted by atomic mass is 10.0. The van der Waals surface area contributed by atoms with E-state index in [4.69, 9.17) is 15.2 Å². The van der Waals surface area contributed by atoms with Gasteiger partial charge in [-0.1, -0.05) is 11.6 Å². The first-order chi connectivity index (χ1) is 11.6. The Balaban J connectivity index is 1.97. The molecule has 1 aromatic heterocycles. The van der Waals surface area contributed by atoms with Gasteiger partial charge in [-0.25, -0.2) is 9.97 Å². The molecule has 0 aliphatic carbocycles. The monoisotopic (exact) mass is 321 g/mol. The molecule has 0 unspecified atom stereocenters. The van der Waals surface area contributed by atoms with E-state index in [9.17, 15) is 4.79 Å². The first-order valence-corrected chi connectivity index (χ1v) is 7.60. The van der Waals surface area contributed by atoms with Gasteiger partial charge in [0.15, 0.2) is 11.5 Å². The maximum absolute atomic E-state index is 11.6. The lowest BCUT2D eigenvalue weighted by Crippen LogP contribution is -2.16. The zero-order chi connectivity index (χ0) is 16.7. The van der Waals surface area contributed by atoms with Crippen LogP contribution in [0.4, 0.5) is 0 Å². The lowest BCUT2D eigenvalue weighted by molar-refractivity contribution is 0.0991. The summed E-state index contributed by atoms with van der Waals surface area (Å²) in [6.07, 6.45) is 0. The van der Waals surface area contributed by atoms with E-state index in [2.05, 4.69) is 9.97 Å². The molecule has 1 amide bonds. The van der Waals surface area contributed by atoms with Crippen LogP contribution in [0.2, 0.25) is 0 Å². The normalized spacial score (nSPS) is 13.0. The Morgan fingerprint density at radius 1 is 1.04 bits per heavy atom. The van der Waals surface area contributed by atoms with Gasteiger partial charge in [0.25, 0.3) is 5.91 Å². The molecule has 3 aromatic rings. The topological polar surface area (TPSA) is 87.3 Å². The smallest absolute Gasteiger partial charge is 0.286 e. The Labute approximate surface area is 138 Å². The number of aryl methyl sites for hydroxylation is 1. The van der Waals surface area contributed by atoms with Crippen LogP contribution in [0.5, 0.6) is 11.5 Å². The molecule has 2 N–H and O–H groups in total. The maximum Gasteiger partial charge on any atom is 0.286 e. The van der Waals surface area contributed by atoms with Gasteiger partial charge in [0, 0.05) is 10.9 Å². The number of primary amides is 1. The average Bonchev–Trinajstić information content (AvgIpc) is 2.60. The summed E-state index contributed by atoms with van der Waals surface area (Å²) in [5.41, 5.74) is 8.61. The van der Waals surface area contributed by atoms with E-state index >= 15 is 0 Å². The third-order valence-electron chi connectivity index (χ3n) is 3.89. The van der Waals surface area contributed by atoms with E-state index in [1.165, 1.54) is 0 Å². The number of nitrogens with zero attached hydrogens (tertiary/aromatic N) is 2. The lowest BCUT2D eigenvalue weighted by Gasteiger charge is -2.19. The van der Waals surface area contributed by atoms with Crippen LogP contribution in [0.15, 0.2) is 36.4 Å². The third-order valence-corrected chi connectivity index (χ3v) is 3.89. The van der Waals surface area contributed by atoms with E-state index in [0.717, 1.165) is 16.5 Å². The van der Waals surface area contributed by atoms with Gasteiger partial charge in [0.2, 0.25) is 5.82 Å². The van der Waals surface area contributed by atoms with Gasteiger partial charge >= 0.3 is 0 Å². The molecular formula is C18H15N3O3. The summed E-state index contributed by atoms with van der Waals surface area (Å²) in [7, 11) is 0. The van der Waals surface area contributed by atoms with E-state index in [1.54, 1.807) is 0 Å². The second-order valence-electron chi connectivity index (χ2n) is 5.64. The molecule has 120 valence electrons. The summed E-state index contributed by atoms with van der Waals surface area (Å²) < 4.78 is 11.2. The van der Waals surface area contributed by atoms with E-state index in [-0.39, 0.29) is 5.82 Å². The van der Waals surface area contributed by atoms with E-state index in [0.29, 0.717) is 35.9 Å². The van der Waals surface area contributed by atoms with Crippen molar-refractivity contribution >= 4 is 16.8 Å². The Hall–Kier alpha value is -3.15. The Kier molecular flexibility index (Phi) is 3.30. The van der Waals surface area contributed by atoms with Gasteiger partial charge in [-0.05, 0) is 37.3 Å². The van der Waals surface area contributed by atoms with Crippen molar-refractivity contribution in [2.24, 2.45) is 5.73 Å². The second kappa shape index (κ2) is 5.49. The van der Waals surface area contributed by atoms with Gasteiger partial charge in [0.05, 0.1) is 11.2 Å². The highest BCUT2D eigenvalue weighted by molar-refractivity contribution is 5.97. The number of hydrogen-bond acceptors (Lipinski definition) is 5. The number of carbonyl (C=O) groups excluding carboxylic acids is 1. The van der Waals surface area contributed by atoms with Crippen LogP contribution < -0.4 is 15.2 Å². The molecule has 0 saturated carbocycles. The standard InChI is InChI=1S/C18H15N3O3/c1-10-2-4-13-12(8-10)16(21-18(20-13)17(19)22)11-3-5-14-15(9-11)24-7-6-23-14/h2-5,8-9H,6-7H2,1H3,(H2,19,22). The first-order valence-electron chi connectivity index (χ1n) is 7.60. The highest BCUT2D eigenvalue weighted by atomic mass is 16.6. The third kappa shape index (κ3) is 2.42. The summed E-state index contributed by atoms with van der Waals surface area (Å²) in [4.78, 5) is 20.2. The molecule has 4 rings (SSSR count). The molecular weight excluding hydrogens is 306 g/mol. The van der Waals surface area contributed by atoms with E-state index in [1.807, 2.05) is 43.3 Å². The highest BCUT2D eigenvalue weighted by Gasteiger charge is 2.17. The minimum Gasteiger partial charge on any atom is -0.486 e. The Morgan fingerprint density at radius 2 is 1.83 bits per heavy atom. The maximum atomic E-state index is 11.6. The Morgan fingerprint density at radius 3 is 2.62 bits per heavy atom. The van der Waals surface area contributed by atoms with Crippen LogP contribution in [0.3, 0.4) is 0 Å². The summed E-state index contributed by atoms with van der Waals surface area (Å²) >= 11 is 0. The minimum absolute atomic E-state index is 0.00348. The zero-order valence-electron chi connectivity index (χ0n) is 13.1. The van der Waals surface area contributed by atoms with E-state index < -0.39 is 5.91 Å². The van der Waals surface area contributed by atoms with Gasteiger partial charge in [-0.2, -0.15) is 0 Å². The molecule has 0 radical (unpaired) electrons. The molecule has 1 aliphatic heterocycles. The number of nitrogens with two attached hydrogens (primary N) is 1. The molecule has 0 atom stereocenters. The number of rotatable bonds is 2. The largest absolute Gasteiger partial charge is 0.486 e. The number of benzene rings is 2. The molecule has 1 aliphatic rings. The molecule has 0 fully saturated rings. The zero-order valence-corrected chi connectivity index (χ0v) is 13.1. The van der Waals surface area contributed by atoms with Crippen LogP contribution in [0.1, 0.15) is 16.2 Å². The molecule has 0 bridgehead atoms. The van der Waals surface area contributed by atoms with Gasteiger partial charge in [-0.15, -0.1) is 0 Å². The number of ether oxygens (including phenoxy) is 2. The fourth-order valence-electron chi connectivity index (χ4n) is 2.76. The predicted molar refractivity (Wildman–Crippen MR) is 89.2 cm³/mol. The van der Waals surface area contributed by atoms with Crippen molar-refractivity contribution in [1.82, 2.24) is 9.97 Å². The summed E-state index contributed by atoms with van der Waals surface area (Å²) in [5.74, 6) is 0.709. The summed E-state index contributed by atoms with van der Waals surface area (Å²) in [5, 5.41) is 0.858. The number of fused-ring (bicyclic) bond motifs is 2. The summed E-state index contributed by atoms with van der Waals surface area (Å²) in [6.45, 7) is 3.04. The SMILES string of the molecule is Cc1ccc2nc(C(N)=O)nc(-c3ccc4c(c3)OCCO4)c2c1. The van der Waals surface area contributed by atoms with Crippen molar-refractivity contribution in [3.8, 4) is 22.8 Å². The number of amides is 1. The fraction of sp³-hybridized carbons (Fsp3) is 0.167. The van der Waals surface area contributed by atoms with Crippen molar-refractivity contribution in [2.75, 3.05) is 13.2 Å². The highest BCUT2D eigenvalue weighted by Crippen LogP contribution is 2.36. The van der Waals surface area contributed by atoms with Crippen LogP contribution in [0.25, 0.3) is 22.2 Å². The van der Waals surface area contributed by atoms with Gasteiger partial charge < -0.3 is 15.2 Å². The van der Waals surface area contributed by atoms with Crippen molar-refractivity contribution in [1.29, 1.82) is 0 Å². The first kappa shape index (κ1) is 14.4. The quantitative estimate of drug-likeness (QED) is 0.783. The second-order valence-corrected chi connectivity index (χ2v) is 5.64. The Bertz CT molecular complexity index is 969. The van der Waals surface area contributed by atoms with Crippen molar-refractivity contribution in [3.05, 3.63) is 47.8 Å². The van der Waals surface area contributed by atoms with Crippen molar-refractivity contribution in [3.63, 3.8) is 0 Å². The number of hydrogen-bond donors (Lipinski definition) is 1. The summed E-state index contributed by atoms with van der Waals surface area (Å²) in [6, 6.07) is 11.4. The molecule has 0 spiro atoms. The molecule has 6 nitrogen and oxygen atoms in total. The molecule has 2 aromatic carbocycles. The molecule has 2 heterocycles. The molecule has 24 heavy (non-hydrogen) atoms. The van der Waals surface area contributed by atoms with Crippen LogP contribution in [-0.2, 0) is 0 Å². The van der Waals surface area contributed by atoms with Crippen LogP contribution in [0, 0.1) is 6.92 Å².